The summed E-state index contributed by atoms with van der Waals surface area (Å²) >= 11 is 6.26. The molecule has 0 bridgehead atoms. The van der Waals surface area contributed by atoms with E-state index in [1.54, 1.807) is 12.3 Å². The fraction of sp³-hybridized carbons (Fsp3) is 0.571. The molecule has 1 saturated carbocycles. The van der Waals surface area contributed by atoms with Crippen LogP contribution in [0.1, 0.15) is 24.8 Å². The number of nitrogens with zero attached hydrogens (tertiary/aromatic N) is 3. The van der Waals surface area contributed by atoms with Crippen molar-refractivity contribution in [2.75, 3.05) is 18.0 Å². The number of aromatic nitrogens is 1. The Morgan fingerprint density at radius 1 is 1.37 bits per heavy atom. The van der Waals surface area contributed by atoms with E-state index >= 15 is 0 Å². The van der Waals surface area contributed by atoms with Gasteiger partial charge in [0.15, 0.2) is 0 Å². The van der Waals surface area contributed by atoms with E-state index in [-0.39, 0.29) is 0 Å². The highest BCUT2D eigenvalue weighted by atomic mass is 35.5. The minimum absolute atomic E-state index is 0.343. The molecule has 0 aromatic carbocycles. The predicted molar refractivity (Wildman–Crippen MR) is 75.0 cm³/mol. The Morgan fingerprint density at radius 3 is 2.95 bits per heavy atom. The van der Waals surface area contributed by atoms with E-state index in [9.17, 15) is 0 Å². The zero-order valence-electron chi connectivity index (χ0n) is 10.7. The van der Waals surface area contributed by atoms with Gasteiger partial charge < -0.3 is 10.6 Å². The van der Waals surface area contributed by atoms with Crippen molar-refractivity contribution in [3.05, 3.63) is 22.8 Å². The first-order valence-corrected chi connectivity index (χ1v) is 7.12. The van der Waals surface area contributed by atoms with Gasteiger partial charge in [-0.2, -0.15) is 5.26 Å². The number of hydrogen-bond acceptors (Lipinski definition) is 4. The van der Waals surface area contributed by atoms with Crippen molar-refractivity contribution < 1.29 is 0 Å². The molecule has 4 nitrogen and oxygen atoms in total. The molecule has 19 heavy (non-hydrogen) atoms. The second kappa shape index (κ2) is 4.99. The normalized spacial score (nSPS) is 29.9. The van der Waals surface area contributed by atoms with Gasteiger partial charge in [-0.25, -0.2) is 4.98 Å². The summed E-state index contributed by atoms with van der Waals surface area (Å²) in [4.78, 5) is 6.58. The molecule has 0 amide bonds. The Kier molecular flexibility index (Phi) is 3.34. The molecular weight excluding hydrogens is 260 g/mol. The molecule has 2 N–H and O–H groups in total. The van der Waals surface area contributed by atoms with Crippen molar-refractivity contribution in [2.45, 2.75) is 25.3 Å². The third-order valence-electron chi connectivity index (χ3n) is 4.38. The zero-order chi connectivity index (χ0) is 13.4. The molecule has 100 valence electrons. The van der Waals surface area contributed by atoms with Gasteiger partial charge in [0, 0.05) is 25.3 Å². The van der Waals surface area contributed by atoms with Crippen LogP contribution >= 0.6 is 11.6 Å². The van der Waals surface area contributed by atoms with Gasteiger partial charge in [0.25, 0.3) is 0 Å². The van der Waals surface area contributed by atoms with Crippen molar-refractivity contribution in [1.29, 1.82) is 5.26 Å². The van der Waals surface area contributed by atoms with Gasteiger partial charge in [-0.3, -0.25) is 0 Å². The first-order chi connectivity index (χ1) is 9.19. The second-order valence-corrected chi connectivity index (χ2v) is 5.98. The number of halogens is 1. The van der Waals surface area contributed by atoms with Crippen LogP contribution in [0.3, 0.4) is 0 Å². The average Bonchev–Trinajstić information content (AvgIpc) is 2.81. The molecule has 1 aromatic rings. The van der Waals surface area contributed by atoms with E-state index in [1.807, 2.05) is 0 Å². The van der Waals surface area contributed by atoms with E-state index < -0.39 is 0 Å². The van der Waals surface area contributed by atoms with Gasteiger partial charge >= 0.3 is 0 Å². The summed E-state index contributed by atoms with van der Waals surface area (Å²) in [5, 5.41) is 9.51. The van der Waals surface area contributed by atoms with Gasteiger partial charge in [0.2, 0.25) is 0 Å². The van der Waals surface area contributed by atoms with Crippen molar-refractivity contribution in [3.63, 3.8) is 0 Å². The van der Waals surface area contributed by atoms with Gasteiger partial charge in [-0.1, -0.05) is 11.6 Å². The first kappa shape index (κ1) is 12.7. The molecule has 2 aliphatic rings. The minimum atomic E-state index is 0.343. The summed E-state index contributed by atoms with van der Waals surface area (Å²) in [6, 6.07) is 4.11. The minimum Gasteiger partial charge on any atom is -0.355 e. The lowest BCUT2D eigenvalue weighted by atomic mass is 9.79. The van der Waals surface area contributed by atoms with Crippen LogP contribution < -0.4 is 10.6 Å². The molecular formula is C14H17ClN4. The predicted octanol–water partition coefficient (Wildman–Crippen LogP) is 2.17. The van der Waals surface area contributed by atoms with Crippen LogP contribution in [0, 0.1) is 23.2 Å². The second-order valence-electron chi connectivity index (χ2n) is 5.61. The van der Waals surface area contributed by atoms with E-state index in [0.29, 0.717) is 28.5 Å². The molecule has 1 unspecified atom stereocenters. The maximum atomic E-state index is 9.03. The highest BCUT2D eigenvalue weighted by Gasteiger charge is 2.37. The smallest absolute Gasteiger partial charge is 0.148 e. The molecule has 3 rings (SSSR count). The van der Waals surface area contributed by atoms with E-state index in [2.05, 4.69) is 16.0 Å². The lowest BCUT2D eigenvalue weighted by Gasteiger charge is -2.27. The zero-order valence-corrected chi connectivity index (χ0v) is 11.5. The summed E-state index contributed by atoms with van der Waals surface area (Å²) in [6.07, 6.45) is 5.07. The van der Waals surface area contributed by atoms with Crippen LogP contribution in [0.4, 0.5) is 5.82 Å². The Hall–Kier alpha value is -1.31. The van der Waals surface area contributed by atoms with Crippen molar-refractivity contribution in [2.24, 2.45) is 17.6 Å². The Balaban J connectivity index is 1.83. The van der Waals surface area contributed by atoms with E-state index in [1.165, 1.54) is 6.42 Å². The molecule has 1 aromatic heterocycles. The lowest BCUT2D eigenvalue weighted by Crippen LogP contribution is -2.32. The number of anilines is 1. The van der Waals surface area contributed by atoms with E-state index in [4.69, 9.17) is 22.6 Å². The lowest BCUT2D eigenvalue weighted by molar-refractivity contribution is 0.271. The average molecular weight is 277 g/mol. The molecule has 2 heterocycles. The molecule has 1 aliphatic carbocycles. The highest BCUT2D eigenvalue weighted by molar-refractivity contribution is 6.34. The van der Waals surface area contributed by atoms with Crippen LogP contribution in [0.15, 0.2) is 12.3 Å². The number of nitriles is 1. The van der Waals surface area contributed by atoms with Crippen LogP contribution in [-0.4, -0.2) is 24.1 Å². The van der Waals surface area contributed by atoms with Crippen LogP contribution in [0.2, 0.25) is 5.02 Å². The maximum Gasteiger partial charge on any atom is 0.148 e. The number of pyridine rings is 1. The Bertz CT molecular complexity index is 525. The summed E-state index contributed by atoms with van der Waals surface area (Å²) in [5.74, 6) is 2.10. The Morgan fingerprint density at radius 2 is 2.16 bits per heavy atom. The molecule has 1 saturated heterocycles. The number of hydrogen-bond donors (Lipinski definition) is 1. The van der Waals surface area contributed by atoms with Gasteiger partial charge in [0.05, 0.1) is 5.56 Å². The fourth-order valence-electron chi connectivity index (χ4n) is 3.38. The molecule has 2 fully saturated rings. The van der Waals surface area contributed by atoms with Gasteiger partial charge in [-0.05, 0) is 37.2 Å². The van der Waals surface area contributed by atoms with E-state index in [0.717, 1.165) is 31.7 Å². The molecule has 5 heteroatoms. The molecule has 0 spiro atoms. The number of nitrogens with two attached hydrogens (primary N) is 1. The fourth-order valence-corrected chi connectivity index (χ4v) is 3.65. The summed E-state index contributed by atoms with van der Waals surface area (Å²) in [6.45, 7) is 1.94. The third-order valence-corrected chi connectivity index (χ3v) is 4.75. The number of fused-ring (bicyclic) bond motifs is 1. The largest absolute Gasteiger partial charge is 0.355 e. The van der Waals surface area contributed by atoms with Gasteiger partial charge in [-0.15, -0.1) is 0 Å². The molecule has 0 radical (unpaired) electrons. The third kappa shape index (κ3) is 2.29. The molecule has 3 atom stereocenters. The SMILES string of the molecule is N#Cc1ccnc(N2C[C@H]3CCC(N)C[C@H]3C2)c1Cl. The highest BCUT2D eigenvalue weighted by Crippen LogP contribution is 2.39. The van der Waals surface area contributed by atoms with Crippen LogP contribution in [0.5, 0.6) is 0 Å². The topological polar surface area (TPSA) is 65.9 Å². The Labute approximate surface area is 118 Å². The molecule has 1 aliphatic heterocycles. The summed E-state index contributed by atoms with van der Waals surface area (Å²) in [5.41, 5.74) is 6.55. The van der Waals surface area contributed by atoms with Crippen LogP contribution in [-0.2, 0) is 0 Å². The monoisotopic (exact) mass is 276 g/mol. The van der Waals surface area contributed by atoms with Crippen molar-refractivity contribution in [3.8, 4) is 6.07 Å². The van der Waals surface area contributed by atoms with Crippen molar-refractivity contribution in [1.82, 2.24) is 4.98 Å². The van der Waals surface area contributed by atoms with Crippen LogP contribution in [0.25, 0.3) is 0 Å². The van der Waals surface area contributed by atoms with Gasteiger partial charge in [0.1, 0.15) is 16.9 Å². The quantitative estimate of drug-likeness (QED) is 0.854. The summed E-state index contributed by atoms with van der Waals surface area (Å²) < 4.78 is 0. The van der Waals surface area contributed by atoms with Crippen molar-refractivity contribution >= 4 is 17.4 Å². The summed E-state index contributed by atoms with van der Waals surface area (Å²) in [7, 11) is 0. The standard InChI is InChI=1S/C14H17ClN4/c15-13-9(6-16)3-4-18-14(13)19-7-10-1-2-12(17)5-11(10)8-19/h3-4,10-12H,1-2,5,7-8,17H2/t10-,11+,12?/m1/s1. The first-order valence-electron chi connectivity index (χ1n) is 6.74. The number of rotatable bonds is 1. The maximum absolute atomic E-state index is 9.03.